The Labute approximate surface area is 187 Å². The molecule has 32 heavy (non-hydrogen) atoms. The highest BCUT2D eigenvalue weighted by atomic mass is 16.5. The van der Waals surface area contributed by atoms with Crippen LogP contribution in [-0.4, -0.2) is 60.9 Å². The smallest absolute Gasteiger partial charge is 0.179 e. The van der Waals surface area contributed by atoms with Gasteiger partial charge in [-0.25, -0.2) is 4.98 Å². The number of hydrogen-bond acceptors (Lipinski definition) is 7. The van der Waals surface area contributed by atoms with Gasteiger partial charge in [0.05, 0.1) is 14.2 Å². The molecule has 0 fully saturated rings. The number of imidazole rings is 1. The second-order valence-corrected chi connectivity index (χ2v) is 7.32. The number of carbonyl (C=O) groups is 1. The summed E-state index contributed by atoms with van der Waals surface area (Å²) in [6.07, 6.45) is 1.76. The Kier molecular flexibility index (Phi) is 8.24. The fraction of sp³-hybridized carbons (Fsp3) is 0.333. The highest BCUT2D eigenvalue weighted by Gasteiger charge is 2.09. The van der Waals surface area contributed by atoms with Gasteiger partial charge in [-0.1, -0.05) is 6.07 Å². The SMILES string of the molecule is COc1ccc(CCNC[C@H](O)COc2ccc(-c3nc(C(C)=O)c[nH]3)cc2)cc1OC. The van der Waals surface area contributed by atoms with Crippen molar-refractivity contribution in [1.29, 1.82) is 0 Å². The Morgan fingerprint density at radius 2 is 1.88 bits per heavy atom. The highest BCUT2D eigenvalue weighted by molar-refractivity contribution is 5.92. The van der Waals surface area contributed by atoms with Crippen LogP contribution in [0.5, 0.6) is 17.2 Å². The maximum absolute atomic E-state index is 11.4. The summed E-state index contributed by atoms with van der Waals surface area (Å²) in [4.78, 5) is 18.6. The molecule has 0 spiro atoms. The minimum atomic E-state index is -0.636. The van der Waals surface area contributed by atoms with Gasteiger partial charge in [-0.2, -0.15) is 0 Å². The summed E-state index contributed by atoms with van der Waals surface area (Å²) >= 11 is 0. The summed E-state index contributed by atoms with van der Waals surface area (Å²) in [7, 11) is 3.23. The van der Waals surface area contributed by atoms with Gasteiger partial charge in [0.1, 0.15) is 30.0 Å². The first-order chi connectivity index (χ1) is 15.5. The van der Waals surface area contributed by atoms with Crippen molar-refractivity contribution >= 4 is 5.78 Å². The molecular formula is C24H29N3O5. The summed E-state index contributed by atoms with van der Waals surface area (Å²) in [5.41, 5.74) is 2.37. The average Bonchev–Trinajstić information content (AvgIpc) is 3.31. The Balaban J connectivity index is 1.39. The highest BCUT2D eigenvalue weighted by Crippen LogP contribution is 2.27. The molecule has 8 nitrogen and oxygen atoms in total. The lowest BCUT2D eigenvalue weighted by Gasteiger charge is -2.14. The molecule has 3 rings (SSSR count). The predicted octanol–water partition coefficient (Wildman–Crippen LogP) is 2.87. The van der Waals surface area contributed by atoms with E-state index < -0.39 is 6.10 Å². The number of benzene rings is 2. The minimum absolute atomic E-state index is 0.0845. The van der Waals surface area contributed by atoms with Crippen LogP contribution in [0.4, 0.5) is 0 Å². The van der Waals surface area contributed by atoms with Gasteiger partial charge < -0.3 is 29.6 Å². The number of Topliss-reactive ketones (excluding diaryl/α,β-unsaturated/α-hetero) is 1. The Morgan fingerprint density at radius 3 is 2.53 bits per heavy atom. The van der Waals surface area contributed by atoms with E-state index in [9.17, 15) is 9.90 Å². The van der Waals surface area contributed by atoms with Crippen LogP contribution in [0.25, 0.3) is 11.4 Å². The molecule has 1 atom stereocenters. The van der Waals surface area contributed by atoms with Crippen LogP contribution >= 0.6 is 0 Å². The van der Waals surface area contributed by atoms with Crippen molar-refractivity contribution in [2.45, 2.75) is 19.4 Å². The number of methoxy groups -OCH3 is 2. The van der Waals surface area contributed by atoms with Crippen molar-refractivity contribution in [3.05, 3.63) is 59.9 Å². The van der Waals surface area contributed by atoms with Crippen LogP contribution < -0.4 is 19.5 Å². The third-order valence-corrected chi connectivity index (χ3v) is 4.93. The number of hydrogen-bond donors (Lipinski definition) is 3. The number of aromatic amines is 1. The first-order valence-corrected chi connectivity index (χ1v) is 10.4. The number of aliphatic hydroxyl groups is 1. The zero-order valence-electron chi connectivity index (χ0n) is 18.6. The lowest BCUT2D eigenvalue weighted by molar-refractivity contribution is 0.101. The van der Waals surface area contributed by atoms with Crippen LogP contribution in [-0.2, 0) is 6.42 Å². The van der Waals surface area contributed by atoms with E-state index in [4.69, 9.17) is 14.2 Å². The Morgan fingerprint density at radius 1 is 1.12 bits per heavy atom. The lowest BCUT2D eigenvalue weighted by atomic mass is 10.1. The van der Waals surface area contributed by atoms with Gasteiger partial charge in [-0.05, 0) is 54.9 Å². The van der Waals surface area contributed by atoms with Crippen molar-refractivity contribution in [2.24, 2.45) is 0 Å². The molecule has 8 heteroatoms. The van der Waals surface area contributed by atoms with E-state index in [1.165, 1.54) is 6.92 Å². The molecule has 170 valence electrons. The van der Waals surface area contributed by atoms with Gasteiger partial charge in [-0.3, -0.25) is 4.79 Å². The number of rotatable bonds is 12. The van der Waals surface area contributed by atoms with E-state index in [0.717, 1.165) is 17.5 Å². The molecule has 3 aromatic rings. The van der Waals surface area contributed by atoms with Crippen LogP contribution in [0.3, 0.4) is 0 Å². The summed E-state index contributed by atoms with van der Waals surface area (Å²) in [6, 6.07) is 13.2. The number of ether oxygens (including phenoxy) is 3. The van der Waals surface area contributed by atoms with Crippen molar-refractivity contribution in [3.8, 4) is 28.6 Å². The third kappa shape index (κ3) is 6.32. The van der Waals surface area contributed by atoms with Gasteiger partial charge in [0.25, 0.3) is 0 Å². The van der Waals surface area contributed by atoms with Gasteiger partial charge in [0.2, 0.25) is 0 Å². The van der Waals surface area contributed by atoms with E-state index in [2.05, 4.69) is 15.3 Å². The topological polar surface area (TPSA) is 106 Å². The Bertz CT molecular complexity index is 1020. The zero-order valence-corrected chi connectivity index (χ0v) is 18.6. The monoisotopic (exact) mass is 439 g/mol. The molecule has 3 N–H and O–H groups in total. The molecule has 1 heterocycles. The largest absolute Gasteiger partial charge is 0.493 e. The predicted molar refractivity (Wildman–Crippen MR) is 122 cm³/mol. The number of aliphatic hydroxyl groups excluding tert-OH is 1. The molecule has 0 unspecified atom stereocenters. The van der Waals surface area contributed by atoms with Crippen LogP contribution in [0.15, 0.2) is 48.7 Å². The maximum Gasteiger partial charge on any atom is 0.179 e. The fourth-order valence-corrected chi connectivity index (χ4v) is 3.15. The third-order valence-electron chi connectivity index (χ3n) is 4.93. The fourth-order valence-electron chi connectivity index (χ4n) is 3.15. The molecule has 2 aromatic carbocycles. The molecular weight excluding hydrogens is 410 g/mol. The number of ketones is 1. The van der Waals surface area contributed by atoms with E-state index in [1.807, 2.05) is 42.5 Å². The molecule has 0 bridgehead atoms. The molecule has 0 aliphatic rings. The Hall–Kier alpha value is -3.36. The second-order valence-electron chi connectivity index (χ2n) is 7.32. The summed E-state index contributed by atoms with van der Waals surface area (Å²) in [5.74, 6) is 2.60. The summed E-state index contributed by atoms with van der Waals surface area (Å²) < 4.78 is 16.2. The molecule has 0 saturated carbocycles. The lowest BCUT2D eigenvalue weighted by Crippen LogP contribution is -2.32. The number of aromatic nitrogens is 2. The standard InChI is InChI=1S/C24H29N3O5/c1-16(28)21-14-26-24(27-21)18-5-7-20(8-6-18)32-15-19(29)13-25-11-10-17-4-9-22(30-2)23(12-17)31-3/h4-9,12,14,19,25,29H,10-11,13,15H2,1-3H3,(H,26,27)/t19-/m0/s1. The molecule has 0 aliphatic heterocycles. The van der Waals surface area contributed by atoms with Crippen LogP contribution in [0, 0.1) is 0 Å². The van der Waals surface area contributed by atoms with Crippen LogP contribution in [0.1, 0.15) is 23.0 Å². The maximum atomic E-state index is 11.4. The van der Waals surface area contributed by atoms with Gasteiger partial charge >= 0.3 is 0 Å². The normalized spacial score (nSPS) is 11.8. The van der Waals surface area contributed by atoms with E-state index in [-0.39, 0.29) is 12.4 Å². The van der Waals surface area contributed by atoms with Crippen molar-refractivity contribution in [1.82, 2.24) is 15.3 Å². The number of carbonyl (C=O) groups excluding carboxylic acids is 1. The van der Waals surface area contributed by atoms with Crippen molar-refractivity contribution in [3.63, 3.8) is 0 Å². The first-order valence-electron chi connectivity index (χ1n) is 10.4. The average molecular weight is 440 g/mol. The molecule has 0 amide bonds. The van der Waals surface area contributed by atoms with Gasteiger partial charge in [0, 0.05) is 25.2 Å². The minimum Gasteiger partial charge on any atom is -0.493 e. The van der Waals surface area contributed by atoms with Crippen LogP contribution in [0.2, 0.25) is 0 Å². The van der Waals surface area contributed by atoms with E-state index in [1.54, 1.807) is 20.4 Å². The van der Waals surface area contributed by atoms with Crippen molar-refractivity contribution < 1.29 is 24.1 Å². The molecule has 0 radical (unpaired) electrons. The van der Waals surface area contributed by atoms with E-state index in [0.29, 0.717) is 41.9 Å². The first kappa shape index (κ1) is 23.3. The quantitative estimate of drug-likeness (QED) is 0.294. The van der Waals surface area contributed by atoms with E-state index >= 15 is 0 Å². The molecule has 1 aromatic heterocycles. The zero-order chi connectivity index (χ0) is 22.9. The number of H-pyrrole nitrogens is 1. The number of nitrogens with one attached hydrogen (secondary N) is 2. The summed E-state index contributed by atoms with van der Waals surface area (Å²) in [5, 5.41) is 13.4. The number of nitrogens with zero attached hydrogens (tertiary/aromatic N) is 1. The van der Waals surface area contributed by atoms with Gasteiger partial charge in [-0.15, -0.1) is 0 Å². The van der Waals surface area contributed by atoms with Gasteiger partial charge in [0.15, 0.2) is 17.3 Å². The molecule has 0 aliphatic carbocycles. The van der Waals surface area contributed by atoms with Crippen molar-refractivity contribution in [2.75, 3.05) is 33.9 Å². The second kappa shape index (κ2) is 11.3. The summed E-state index contributed by atoms with van der Waals surface area (Å²) in [6.45, 7) is 2.80. The molecule has 0 saturated heterocycles.